The van der Waals surface area contributed by atoms with Crippen LogP contribution in [0.15, 0.2) is 57.8 Å². The third-order valence-corrected chi connectivity index (χ3v) is 4.91. The monoisotopic (exact) mass is 460 g/mol. The van der Waals surface area contributed by atoms with Gasteiger partial charge in [0.05, 0.1) is 25.6 Å². The molecule has 1 atom stereocenters. The Morgan fingerprint density at radius 2 is 1.93 bits per heavy atom. The van der Waals surface area contributed by atoms with Gasteiger partial charge >= 0.3 is 11.9 Å². The third kappa shape index (κ3) is 5.17. The second-order valence-corrected chi connectivity index (χ2v) is 7.16. The summed E-state index contributed by atoms with van der Waals surface area (Å²) < 4.78 is 22.4. The molecule has 1 heterocycles. The third-order valence-electron chi connectivity index (χ3n) is 4.25. The summed E-state index contributed by atoms with van der Waals surface area (Å²) in [6.07, 6.45) is 2.85. The molecular weight excluding hydrogens is 440 g/mol. The van der Waals surface area contributed by atoms with E-state index < -0.39 is 12.1 Å². The predicted molar refractivity (Wildman–Crippen MR) is 111 cm³/mol. The average Bonchev–Trinajstić information content (AvgIpc) is 3.16. The van der Waals surface area contributed by atoms with Crippen LogP contribution in [0.2, 0.25) is 0 Å². The lowest BCUT2D eigenvalue weighted by atomic mass is 10.1. The molecule has 0 N–H and O–H groups in total. The van der Waals surface area contributed by atoms with Crippen LogP contribution in [-0.4, -0.2) is 24.6 Å². The van der Waals surface area contributed by atoms with Gasteiger partial charge in [-0.3, -0.25) is 4.79 Å². The van der Waals surface area contributed by atoms with E-state index in [1.54, 1.807) is 55.8 Å². The molecule has 0 saturated heterocycles. The van der Waals surface area contributed by atoms with E-state index >= 15 is 0 Å². The van der Waals surface area contributed by atoms with Gasteiger partial charge in [0, 0.05) is 20.8 Å². The summed E-state index contributed by atoms with van der Waals surface area (Å²) in [6.45, 7) is 3.89. The Bertz CT molecular complexity index is 1010. The van der Waals surface area contributed by atoms with Crippen molar-refractivity contribution < 1.29 is 28.2 Å². The van der Waals surface area contributed by atoms with Gasteiger partial charge in [0.1, 0.15) is 11.5 Å². The lowest BCUT2D eigenvalue weighted by Gasteiger charge is -2.18. The summed E-state index contributed by atoms with van der Waals surface area (Å²) >= 11 is 3.44. The van der Waals surface area contributed by atoms with E-state index in [0.29, 0.717) is 30.1 Å². The number of rotatable bonds is 8. The van der Waals surface area contributed by atoms with Crippen molar-refractivity contribution in [3.63, 3.8) is 0 Å². The summed E-state index contributed by atoms with van der Waals surface area (Å²) in [5.41, 5.74) is 0.653. The van der Waals surface area contributed by atoms with Crippen molar-refractivity contribution in [1.29, 1.82) is 0 Å². The van der Waals surface area contributed by atoms with Crippen LogP contribution < -0.4 is 9.47 Å². The fraction of sp³-hybridized carbons (Fsp3) is 0.273. The Kier molecular flexibility index (Phi) is 6.93. The fourth-order valence-corrected chi connectivity index (χ4v) is 3.38. The average molecular weight is 461 g/mol. The van der Waals surface area contributed by atoms with E-state index in [0.717, 1.165) is 15.2 Å². The molecular formula is C22H21BrO6. The molecule has 0 aliphatic carbocycles. The number of benzene rings is 2. The molecule has 2 aromatic carbocycles. The molecule has 0 saturated carbocycles. The van der Waals surface area contributed by atoms with Crippen molar-refractivity contribution in [1.82, 2.24) is 0 Å². The Hall–Kier alpha value is -2.80. The number of carbonyl (C=O) groups is 2. The van der Waals surface area contributed by atoms with Gasteiger partial charge in [0.15, 0.2) is 6.10 Å². The van der Waals surface area contributed by atoms with Crippen LogP contribution in [0.25, 0.3) is 10.8 Å². The molecule has 0 fully saturated rings. The maximum absolute atomic E-state index is 12.7. The van der Waals surface area contributed by atoms with E-state index in [4.69, 9.17) is 18.6 Å². The highest BCUT2D eigenvalue weighted by atomic mass is 79.9. The normalized spacial score (nSPS) is 11.8. The Labute approximate surface area is 176 Å². The Balaban J connectivity index is 1.74. The number of hydrogen-bond donors (Lipinski definition) is 0. The molecule has 0 amide bonds. The summed E-state index contributed by atoms with van der Waals surface area (Å²) in [7, 11) is 0. The van der Waals surface area contributed by atoms with Gasteiger partial charge in [0.2, 0.25) is 0 Å². The SMILES string of the molecule is CCOC(=O)Cc1ccccc1OC(CC)C(=O)Oc1cc(Br)c2cocc2c1. The molecule has 3 rings (SSSR count). The molecule has 0 aliphatic rings. The number of furan rings is 1. The second-order valence-electron chi connectivity index (χ2n) is 6.31. The first-order valence-electron chi connectivity index (χ1n) is 9.29. The Morgan fingerprint density at radius 3 is 2.69 bits per heavy atom. The number of carbonyl (C=O) groups excluding carboxylic acids is 2. The summed E-state index contributed by atoms with van der Waals surface area (Å²) in [5, 5.41) is 1.71. The van der Waals surface area contributed by atoms with Gasteiger partial charge in [-0.2, -0.15) is 0 Å². The predicted octanol–water partition coefficient (Wildman–Crippen LogP) is 5.06. The van der Waals surface area contributed by atoms with Gasteiger partial charge in [-0.1, -0.05) is 25.1 Å². The molecule has 6 nitrogen and oxygen atoms in total. The first-order chi connectivity index (χ1) is 14.0. The van der Waals surface area contributed by atoms with Crippen molar-refractivity contribution in [2.75, 3.05) is 6.61 Å². The van der Waals surface area contributed by atoms with E-state index in [-0.39, 0.29) is 12.4 Å². The van der Waals surface area contributed by atoms with Gasteiger partial charge in [0.25, 0.3) is 0 Å². The number of ether oxygens (including phenoxy) is 3. The lowest BCUT2D eigenvalue weighted by molar-refractivity contribution is -0.142. The van der Waals surface area contributed by atoms with Crippen LogP contribution in [0.5, 0.6) is 11.5 Å². The number of fused-ring (bicyclic) bond motifs is 1. The van der Waals surface area contributed by atoms with Gasteiger partial charge in [-0.05, 0) is 47.5 Å². The highest BCUT2D eigenvalue weighted by molar-refractivity contribution is 9.10. The van der Waals surface area contributed by atoms with Crippen molar-refractivity contribution in [2.24, 2.45) is 0 Å². The zero-order valence-electron chi connectivity index (χ0n) is 16.1. The molecule has 0 aliphatic heterocycles. The summed E-state index contributed by atoms with van der Waals surface area (Å²) in [4.78, 5) is 24.5. The first kappa shape index (κ1) is 20.9. The first-order valence-corrected chi connectivity index (χ1v) is 10.1. The summed E-state index contributed by atoms with van der Waals surface area (Å²) in [6, 6.07) is 10.5. The van der Waals surface area contributed by atoms with Crippen molar-refractivity contribution in [3.05, 3.63) is 59.0 Å². The fourth-order valence-electron chi connectivity index (χ4n) is 2.83. The van der Waals surface area contributed by atoms with E-state index in [1.165, 1.54) is 0 Å². The van der Waals surface area contributed by atoms with E-state index in [2.05, 4.69) is 15.9 Å². The molecule has 1 aromatic heterocycles. The van der Waals surface area contributed by atoms with Crippen LogP contribution in [0.3, 0.4) is 0 Å². The molecule has 0 radical (unpaired) electrons. The topological polar surface area (TPSA) is 75.0 Å². The van der Waals surface area contributed by atoms with Crippen LogP contribution in [0.1, 0.15) is 25.8 Å². The number of halogens is 1. The van der Waals surface area contributed by atoms with Crippen LogP contribution >= 0.6 is 15.9 Å². The highest BCUT2D eigenvalue weighted by Gasteiger charge is 2.23. The smallest absolute Gasteiger partial charge is 0.352 e. The quantitative estimate of drug-likeness (QED) is 0.345. The zero-order valence-corrected chi connectivity index (χ0v) is 17.7. The van der Waals surface area contributed by atoms with Gasteiger partial charge < -0.3 is 18.6 Å². The van der Waals surface area contributed by atoms with E-state index in [1.807, 2.05) is 6.92 Å². The minimum absolute atomic E-state index is 0.0690. The number of hydrogen-bond acceptors (Lipinski definition) is 6. The second kappa shape index (κ2) is 9.60. The molecule has 29 heavy (non-hydrogen) atoms. The van der Waals surface area contributed by atoms with Crippen molar-refractivity contribution >= 4 is 38.6 Å². The van der Waals surface area contributed by atoms with Gasteiger partial charge in [-0.25, -0.2) is 4.79 Å². The van der Waals surface area contributed by atoms with Crippen molar-refractivity contribution in [2.45, 2.75) is 32.8 Å². The summed E-state index contributed by atoms with van der Waals surface area (Å²) in [5.74, 6) is -0.0286. The standard InChI is InChI=1S/C22H21BrO6/c1-3-19(29-20-8-6-5-7-14(20)10-21(24)27-4-2)22(25)28-16-9-15-12-26-13-17(15)18(23)11-16/h5-9,11-13,19H,3-4,10H2,1-2H3. The maximum Gasteiger partial charge on any atom is 0.352 e. The minimum Gasteiger partial charge on any atom is -0.478 e. The molecule has 0 spiro atoms. The maximum atomic E-state index is 12.7. The number of para-hydroxylation sites is 1. The van der Waals surface area contributed by atoms with Crippen LogP contribution in [-0.2, 0) is 20.7 Å². The zero-order chi connectivity index (χ0) is 20.8. The Morgan fingerprint density at radius 1 is 1.14 bits per heavy atom. The molecule has 0 bridgehead atoms. The largest absolute Gasteiger partial charge is 0.478 e. The van der Waals surface area contributed by atoms with Crippen LogP contribution in [0, 0.1) is 0 Å². The van der Waals surface area contributed by atoms with Crippen molar-refractivity contribution in [3.8, 4) is 11.5 Å². The number of esters is 2. The molecule has 7 heteroatoms. The lowest BCUT2D eigenvalue weighted by Crippen LogP contribution is -2.31. The molecule has 3 aromatic rings. The van der Waals surface area contributed by atoms with Crippen LogP contribution in [0.4, 0.5) is 0 Å². The molecule has 152 valence electrons. The van der Waals surface area contributed by atoms with E-state index in [9.17, 15) is 9.59 Å². The minimum atomic E-state index is -0.822. The highest BCUT2D eigenvalue weighted by Crippen LogP contribution is 2.30. The molecule has 1 unspecified atom stereocenters. The van der Waals surface area contributed by atoms with Gasteiger partial charge in [-0.15, -0.1) is 0 Å².